The molecule has 0 aliphatic carbocycles. The lowest BCUT2D eigenvalue weighted by molar-refractivity contribution is -0.138. The van der Waals surface area contributed by atoms with Gasteiger partial charge in [-0.05, 0) is 6.92 Å². The highest BCUT2D eigenvalue weighted by molar-refractivity contribution is 6.29. The third-order valence-electron chi connectivity index (χ3n) is 1.77. The van der Waals surface area contributed by atoms with E-state index in [1.54, 1.807) is 0 Å². The maximum atomic E-state index is 12.2. The van der Waals surface area contributed by atoms with Crippen molar-refractivity contribution in [2.75, 3.05) is 11.1 Å². The molecule has 3 N–H and O–H groups in total. The highest BCUT2D eigenvalue weighted by atomic mass is 35.5. The number of hydrogen-bond acceptors (Lipinski definition) is 3. The molecule has 0 radical (unpaired) electrons. The van der Waals surface area contributed by atoms with Crippen LogP contribution in [0.15, 0.2) is 12.3 Å². The third kappa shape index (κ3) is 3.16. The number of hydrogen-bond donors (Lipinski definition) is 2. The van der Waals surface area contributed by atoms with Crippen molar-refractivity contribution in [1.29, 1.82) is 0 Å². The van der Waals surface area contributed by atoms with Crippen LogP contribution >= 0.6 is 11.6 Å². The zero-order chi connectivity index (χ0) is 11.6. The first-order valence-corrected chi connectivity index (χ1v) is 4.43. The molecule has 1 atom stereocenters. The average molecular weight is 240 g/mol. The molecular weight excluding hydrogens is 231 g/mol. The Labute approximate surface area is 89.4 Å². The van der Waals surface area contributed by atoms with E-state index in [4.69, 9.17) is 17.3 Å². The highest BCUT2D eigenvalue weighted by Crippen LogP contribution is 2.26. The molecule has 0 fully saturated rings. The fourth-order valence-electron chi connectivity index (χ4n) is 0.880. The van der Waals surface area contributed by atoms with Crippen LogP contribution in [0.5, 0.6) is 0 Å². The maximum absolute atomic E-state index is 12.2. The minimum atomic E-state index is -4.33. The molecule has 0 amide bonds. The smallest absolute Gasteiger partial charge is 0.397 e. The van der Waals surface area contributed by atoms with Gasteiger partial charge in [-0.1, -0.05) is 11.6 Å². The predicted molar refractivity (Wildman–Crippen MR) is 52.8 cm³/mol. The molecule has 0 saturated heterocycles. The standard InChI is InChI=1S/C8H9ClF3N3/c1-4(8(10,11)12)15-6-3-14-7(9)2-5(6)13/h2-4,15H,1H3,(H2,13,14). The van der Waals surface area contributed by atoms with Crippen LogP contribution in [0.4, 0.5) is 24.5 Å². The van der Waals surface area contributed by atoms with Gasteiger partial charge >= 0.3 is 6.18 Å². The molecule has 15 heavy (non-hydrogen) atoms. The Hall–Kier alpha value is -1.17. The number of nitrogens with one attached hydrogen (secondary N) is 1. The summed E-state index contributed by atoms with van der Waals surface area (Å²) < 4.78 is 36.6. The summed E-state index contributed by atoms with van der Waals surface area (Å²) in [4.78, 5) is 3.63. The SMILES string of the molecule is CC(Nc1cnc(Cl)cc1N)C(F)(F)F. The van der Waals surface area contributed by atoms with Gasteiger partial charge in [-0.3, -0.25) is 0 Å². The minimum absolute atomic E-state index is 0.115. The first-order valence-electron chi connectivity index (χ1n) is 4.05. The monoisotopic (exact) mass is 239 g/mol. The van der Waals surface area contributed by atoms with Crippen LogP contribution in [0.25, 0.3) is 0 Å². The Morgan fingerprint density at radius 3 is 2.60 bits per heavy atom. The molecule has 0 aromatic carbocycles. The van der Waals surface area contributed by atoms with Gasteiger partial charge in [0.05, 0.1) is 17.6 Å². The minimum Gasteiger partial charge on any atom is -0.397 e. The molecule has 0 aliphatic rings. The maximum Gasteiger partial charge on any atom is 0.408 e. The molecule has 7 heteroatoms. The molecule has 0 saturated carbocycles. The molecule has 0 bridgehead atoms. The van der Waals surface area contributed by atoms with Crippen molar-refractivity contribution in [3.05, 3.63) is 17.4 Å². The Morgan fingerprint density at radius 2 is 2.13 bits per heavy atom. The lowest BCUT2D eigenvalue weighted by Gasteiger charge is -2.19. The molecular formula is C8H9ClF3N3. The number of halogens is 4. The van der Waals surface area contributed by atoms with Crippen molar-refractivity contribution in [3.63, 3.8) is 0 Å². The number of aromatic nitrogens is 1. The number of nitrogen functional groups attached to an aromatic ring is 1. The second kappa shape index (κ2) is 4.14. The fourth-order valence-corrected chi connectivity index (χ4v) is 1.05. The average Bonchev–Trinajstić information content (AvgIpc) is 2.08. The molecule has 1 heterocycles. The number of nitrogens with zero attached hydrogens (tertiary/aromatic N) is 1. The summed E-state index contributed by atoms with van der Waals surface area (Å²) in [6, 6.07) is -0.407. The van der Waals surface area contributed by atoms with Crippen LogP contribution in [-0.4, -0.2) is 17.2 Å². The van der Waals surface area contributed by atoms with Gasteiger partial charge in [0, 0.05) is 6.07 Å². The first kappa shape index (κ1) is 11.9. The largest absolute Gasteiger partial charge is 0.408 e. The fraction of sp³-hybridized carbons (Fsp3) is 0.375. The number of alkyl halides is 3. The van der Waals surface area contributed by atoms with Gasteiger partial charge in [0.25, 0.3) is 0 Å². The summed E-state index contributed by atoms with van der Waals surface area (Å²) in [7, 11) is 0. The van der Waals surface area contributed by atoms with Gasteiger partial charge in [0.15, 0.2) is 0 Å². The Balaban J connectivity index is 2.82. The third-order valence-corrected chi connectivity index (χ3v) is 1.97. The van der Waals surface area contributed by atoms with E-state index in [2.05, 4.69) is 10.3 Å². The Morgan fingerprint density at radius 1 is 1.53 bits per heavy atom. The van der Waals surface area contributed by atoms with Gasteiger partial charge in [-0.2, -0.15) is 13.2 Å². The Kier molecular flexibility index (Phi) is 3.28. The molecule has 1 aromatic rings. The second-order valence-corrected chi connectivity index (χ2v) is 3.39. The van der Waals surface area contributed by atoms with Crippen LogP contribution in [-0.2, 0) is 0 Å². The van der Waals surface area contributed by atoms with Crippen molar-refractivity contribution in [2.24, 2.45) is 0 Å². The molecule has 84 valence electrons. The van der Waals surface area contributed by atoms with E-state index in [-0.39, 0.29) is 16.5 Å². The Bertz CT molecular complexity index is 353. The van der Waals surface area contributed by atoms with E-state index >= 15 is 0 Å². The molecule has 0 aliphatic heterocycles. The van der Waals surface area contributed by atoms with Crippen LogP contribution in [0.1, 0.15) is 6.92 Å². The van der Waals surface area contributed by atoms with Gasteiger partial charge in [0.2, 0.25) is 0 Å². The van der Waals surface area contributed by atoms with Crippen molar-refractivity contribution in [3.8, 4) is 0 Å². The number of rotatable bonds is 2. The summed E-state index contributed by atoms with van der Waals surface area (Å²) in [6.07, 6.45) is -3.16. The lowest BCUT2D eigenvalue weighted by atomic mass is 10.3. The van der Waals surface area contributed by atoms with Crippen molar-refractivity contribution in [1.82, 2.24) is 4.98 Å². The van der Waals surface area contributed by atoms with Crippen LogP contribution in [0.2, 0.25) is 5.15 Å². The summed E-state index contributed by atoms with van der Waals surface area (Å²) in [5.74, 6) is 0. The summed E-state index contributed by atoms with van der Waals surface area (Å²) in [5, 5.41) is 2.34. The van der Waals surface area contributed by atoms with Crippen LogP contribution in [0, 0.1) is 0 Å². The molecule has 1 aromatic heterocycles. The van der Waals surface area contributed by atoms with E-state index in [0.29, 0.717) is 0 Å². The zero-order valence-corrected chi connectivity index (χ0v) is 8.52. The van der Waals surface area contributed by atoms with E-state index in [1.165, 1.54) is 12.3 Å². The van der Waals surface area contributed by atoms with E-state index in [1.807, 2.05) is 0 Å². The summed E-state index contributed by atoms with van der Waals surface area (Å²) in [6.45, 7) is 0.994. The van der Waals surface area contributed by atoms with Crippen LogP contribution < -0.4 is 11.1 Å². The first-order chi connectivity index (χ1) is 6.80. The van der Waals surface area contributed by atoms with Crippen molar-refractivity contribution in [2.45, 2.75) is 19.1 Å². The van der Waals surface area contributed by atoms with Gasteiger partial charge in [-0.25, -0.2) is 4.98 Å². The molecule has 1 unspecified atom stereocenters. The zero-order valence-electron chi connectivity index (χ0n) is 7.77. The number of nitrogens with two attached hydrogens (primary N) is 1. The molecule has 3 nitrogen and oxygen atoms in total. The predicted octanol–water partition coefficient (Wildman–Crippen LogP) is 2.68. The second-order valence-electron chi connectivity index (χ2n) is 3.00. The van der Waals surface area contributed by atoms with Crippen molar-refractivity contribution < 1.29 is 13.2 Å². The molecule has 0 spiro atoms. The topological polar surface area (TPSA) is 50.9 Å². The van der Waals surface area contributed by atoms with Crippen LogP contribution in [0.3, 0.4) is 0 Å². The highest BCUT2D eigenvalue weighted by Gasteiger charge is 2.36. The summed E-state index contributed by atoms with van der Waals surface area (Å²) in [5.41, 5.74) is 5.70. The van der Waals surface area contributed by atoms with E-state index in [0.717, 1.165) is 6.92 Å². The number of pyridine rings is 1. The quantitative estimate of drug-likeness (QED) is 0.780. The van der Waals surface area contributed by atoms with E-state index in [9.17, 15) is 13.2 Å². The lowest BCUT2D eigenvalue weighted by Crippen LogP contribution is -2.33. The van der Waals surface area contributed by atoms with Gasteiger partial charge in [0.1, 0.15) is 11.2 Å². The van der Waals surface area contributed by atoms with Gasteiger partial charge < -0.3 is 11.1 Å². The van der Waals surface area contributed by atoms with Crippen molar-refractivity contribution >= 4 is 23.0 Å². The number of anilines is 2. The van der Waals surface area contributed by atoms with Gasteiger partial charge in [-0.15, -0.1) is 0 Å². The molecule has 1 rings (SSSR count). The summed E-state index contributed by atoms with van der Waals surface area (Å²) >= 11 is 5.50. The van der Waals surface area contributed by atoms with E-state index < -0.39 is 12.2 Å². The normalized spacial score (nSPS) is 13.7.